The lowest BCUT2D eigenvalue weighted by Crippen LogP contribution is -2.20. The Morgan fingerprint density at radius 3 is 2.39 bits per heavy atom. The topological polar surface area (TPSA) is 101 Å². The average molecular weight is 488 g/mol. The van der Waals surface area contributed by atoms with E-state index in [-0.39, 0.29) is 19.1 Å². The first kappa shape index (κ1) is 24.3. The van der Waals surface area contributed by atoms with Gasteiger partial charge in [-0.1, -0.05) is 24.3 Å². The highest BCUT2D eigenvalue weighted by Crippen LogP contribution is 2.29. The van der Waals surface area contributed by atoms with Crippen molar-refractivity contribution in [2.75, 3.05) is 26.1 Å². The largest absolute Gasteiger partial charge is 0.495 e. The van der Waals surface area contributed by atoms with Crippen molar-refractivity contribution in [3.05, 3.63) is 96.3 Å². The van der Waals surface area contributed by atoms with Gasteiger partial charge in [0.05, 0.1) is 31.2 Å². The molecule has 0 aliphatic rings. The van der Waals surface area contributed by atoms with Gasteiger partial charge in [0, 0.05) is 12.4 Å². The molecular weight excluding hydrogens is 462 g/mol. The Labute approximate surface area is 208 Å². The highest BCUT2D eigenvalue weighted by Gasteiger charge is 2.14. The van der Waals surface area contributed by atoms with Gasteiger partial charge in [0.1, 0.15) is 12.4 Å². The molecule has 4 rings (SSSR count). The summed E-state index contributed by atoms with van der Waals surface area (Å²) in [5.74, 6) is 0.283. The maximum absolute atomic E-state index is 12.6. The number of ether oxygens (including phenoxy) is 4. The van der Waals surface area contributed by atoms with E-state index in [2.05, 4.69) is 10.4 Å². The predicted molar refractivity (Wildman–Crippen MR) is 133 cm³/mol. The number of hydrogen-bond acceptors (Lipinski definition) is 7. The number of methoxy groups -OCH3 is 2. The molecule has 0 saturated heterocycles. The third kappa shape index (κ3) is 6.01. The van der Waals surface area contributed by atoms with Crippen molar-refractivity contribution < 1.29 is 28.5 Å². The molecule has 0 aliphatic heterocycles. The highest BCUT2D eigenvalue weighted by molar-refractivity contribution is 5.93. The van der Waals surface area contributed by atoms with Crippen LogP contribution in [0.5, 0.6) is 17.2 Å². The molecule has 0 bridgehead atoms. The molecule has 1 heterocycles. The monoisotopic (exact) mass is 487 g/mol. The van der Waals surface area contributed by atoms with E-state index < -0.39 is 5.97 Å². The zero-order valence-corrected chi connectivity index (χ0v) is 19.8. The van der Waals surface area contributed by atoms with Crippen molar-refractivity contribution >= 4 is 17.6 Å². The predicted octanol–water partition coefficient (Wildman–Crippen LogP) is 4.26. The third-order valence-electron chi connectivity index (χ3n) is 5.21. The second kappa shape index (κ2) is 11.6. The van der Waals surface area contributed by atoms with Crippen LogP contribution >= 0.6 is 0 Å². The summed E-state index contributed by atoms with van der Waals surface area (Å²) in [6.07, 6.45) is 3.56. The van der Waals surface area contributed by atoms with Crippen LogP contribution in [0.25, 0.3) is 5.69 Å². The molecule has 0 radical (unpaired) electrons. The summed E-state index contributed by atoms with van der Waals surface area (Å²) in [5, 5.41) is 6.92. The molecule has 184 valence electrons. The molecular formula is C27H25N3O6. The minimum atomic E-state index is -0.509. The number of rotatable bonds is 10. The van der Waals surface area contributed by atoms with E-state index in [4.69, 9.17) is 18.9 Å². The van der Waals surface area contributed by atoms with Gasteiger partial charge in [-0.2, -0.15) is 5.10 Å². The summed E-state index contributed by atoms with van der Waals surface area (Å²) >= 11 is 0. The Balaban J connectivity index is 1.32. The minimum absolute atomic E-state index is 0.113. The molecule has 1 N–H and O–H groups in total. The minimum Gasteiger partial charge on any atom is -0.495 e. The first-order valence-electron chi connectivity index (χ1n) is 11.1. The molecule has 3 aromatic carbocycles. The van der Waals surface area contributed by atoms with Crippen LogP contribution in [0.1, 0.15) is 15.9 Å². The molecule has 4 aromatic rings. The van der Waals surface area contributed by atoms with Crippen LogP contribution in [0, 0.1) is 0 Å². The Kier molecular flexibility index (Phi) is 7.82. The fraction of sp³-hybridized carbons (Fsp3) is 0.148. The van der Waals surface area contributed by atoms with E-state index in [0.29, 0.717) is 28.5 Å². The van der Waals surface area contributed by atoms with E-state index in [9.17, 15) is 9.59 Å². The van der Waals surface area contributed by atoms with Crippen molar-refractivity contribution in [3.63, 3.8) is 0 Å². The van der Waals surface area contributed by atoms with Gasteiger partial charge in [-0.05, 0) is 54.1 Å². The lowest BCUT2D eigenvalue weighted by Gasteiger charge is -2.13. The summed E-state index contributed by atoms with van der Waals surface area (Å²) in [6, 6.07) is 21.1. The summed E-state index contributed by atoms with van der Waals surface area (Å²) in [5.41, 5.74) is 2.58. The van der Waals surface area contributed by atoms with Crippen LogP contribution in [-0.4, -0.2) is 42.5 Å². The number of para-hydroxylation sites is 2. The summed E-state index contributed by atoms with van der Waals surface area (Å²) in [7, 11) is 2.98. The van der Waals surface area contributed by atoms with Crippen molar-refractivity contribution in [3.8, 4) is 22.9 Å². The van der Waals surface area contributed by atoms with Gasteiger partial charge in [-0.25, -0.2) is 9.48 Å². The van der Waals surface area contributed by atoms with Gasteiger partial charge in [0.25, 0.3) is 5.91 Å². The van der Waals surface area contributed by atoms with E-state index in [1.807, 2.05) is 36.5 Å². The number of hydrogen-bond donors (Lipinski definition) is 1. The molecule has 9 heteroatoms. The number of nitrogens with one attached hydrogen (secondary N) is 1. The van der Waals surface area contributed by atoms with E-state index in [0.717, 1.165) is 11.3 Å². The molecule has 36 heavy (non-hydrogen) atoms. The van der Waals surface area contributed by atoms with Crippen molar-refractivity contribution in [2.45, 2.75) is 6.61 Å². The summed E-state index contributed by atoms with van der Waals surface area (Å²) < 4.78 is 23.4. The number of anilines is 1. The van der Waals surface area contributed by atoms with Crippen LogP contribution < -0.4 is 19.5 Å². The smallest absolute Gasteiger partial charge is 0.338 e. The van der Waals surface area contributed by atoms with E-state index in [1.165, 1.54) is 20.3 Å². The lowest BCUT2D eigenvalue weighted by atomic mass is 10.2. The highest BCUT2D eigenvalue weighted by atomic mass is 16.5. The number of nitrogens with zero attached hydrogens (tertiary/aromatic N) is 2. The number of aromatic nitrogens is 2. The number of esters is 1. The van der Waals surface area contributed by atoms with Crippen molar-refractivity contribution in [1.82, 2.24) is 9.78 Å². The fourth-order valence-electron chi connectivity index (χ4n) is 3.39. The number of benzene rings is 3. The van der Waals surface area contributed by atoms with Gasteiger partial charge < -0.3 is 24.3 Å². The fourth-order valence-corrected chi connectivity index (χ4v) is 3.39. The number of amides is 1. The second-order valence-electron chi connectivity index (χ2n) is 7.60. The number of carbonyl (C=O) groups excluding carboxylic acids is 2. The molecule has 0 spiro atoms. The Morgan fingerprint density at radius 1 is 0.889 bits per heavy atom. The first-order valence-corrected chi connectivity index (χ1v) is 11.1. The van der Waals surface area contributed by atoms with Crippen LogP contribution in [0.2, 0.25) is 0 Å². The third-order valence-corrected chi connectivity index (χ3v) is 5.21. The van der Waals surface area contributed by atoms with Crippen molar-refractivity contribution in [1.29, 1.82) is 0 Å². The molecule has 0 atom stereocenters. The van der Waals surface area contributed by atoms with Crippen LogP contribution in [-0.2, 0) is 16.1 Å². The van der Waals surface area contributed by atoms with Gasteiger partial charge in [-0.15, -0.1) is 0 Å². The lowest BCUT2D eigenvalue weighted by molar-refractivity contribution is -0.118. The average Bonchev–Trinajstić information content (AvgIpc) is 3.46. The SMILES string of the molecule is COc1ccccc1NC(=O)COc1ccc(C(=O)OCc2ccc(-n3cccn3)cc2)cc1OC. The second-order valence-corrected chi connectivity index (χ2v) is 7.60. The molecule has 1 aromatic heterocycles. The normalized spacial score (nSPS) is 10.4. The van der Waals surface area contributed by atoms with Crippen LogP contribution in [0.3, 0.4) is 0 Å². The van der Waals surface area contributed by atoms with E-state index in [1.54, 1.807) is 47.3 Å². The Bertz CT molecular complexity index is 1320. The van der Waals surface area contributed by atoms with Crippen LogP contribution in [0.15, 0.2) is 85.2 Å². The van der Waals surface area contributed by atoms with Gasteiger partial charge >= 0.3 is 5.97 Å². The zero-order valence-electron chi connectivity index (χ0n) is 19.8. The molecule has 9 nitrogen and oxygen atoms in total. The quantitative estimate of drug-likeness (QED) is 0.334. The number of carbonyl (C=O) groups is 2. The standard InChI is InChI=1S/C27H25N3O6/c1-33-23-7-4-3-6-22(23)29-26(31)18-35-24-13-10-20(16-25(24)34-2)27(32)36-17-19-8-11-21(12-9-19)30-15-5-14-28-30/h3-16H,17-18H2,1-2H3,(H,29,31). The maximum Gasteiger partial charge on any atom is 0.338 e. The first-order chi connectivity index (χ1) is 17.6. The molecule has 0 unspecified atom stereocenters. The van der Waals surface area contributed by atoms with Crippen molar-refractivity contribution in [2.24, 2.45) is 0 Å². The molecule has 0 fully saturated rings. The summed E-state index contributed by atoms with van der Waals surface area (Å²) in [6.45, 7) is -0.144. The molecule has 0 saturated carbocycles. The van der Waals surface area contributed by atoms with Gasteiger partial charge in [-0.3, -0.25) is 4.79 Å². The zero-order chi connectivity index (χ0) is 25.3. The molecule has 0 aliphatic carbocycles. The van der Waals surface area contributed by atoms with Crippen LogP contribution in [0.4, 0.5) is 5.69 Å². The van der Waals surface area contributed by atoms with E-state index >= 15 is 0 Å². The maximum atomic E-state index is 12.6. The Hall–Kier alpha value is -4.79. The Morgan fingerprint density at radius 2 is 1.67 bits per heavy atom. The van der Waals surface area contributed by atoms with Gasteiger partial charge in [0.15, 0.2) is 18.1 Å². The summed E-state index contributed by atoms with van der Waals surface area (Å²) in [4.78, 5) is 24.9. The molecule has 1 amide bonds. The van der Waals surface area contributed by atoms with Gasteiger partial charge in [0.2, 0.25) is 0 Å².